The van der Waals surface area contributed by atoms with E-state index in [1.54, 1.807) is 13.2 Å². The summed E-state index contributed by atoms with van der Waals surface area (Å²) >= 11 is 0. The van der Waals surface area contributed by atoms with Crippen LogP contribution in [-0.2, 0) is 0 Å². The molecule has 2 heterocycles. The minimum absolute atomic E-state index is 0.231. The maximum Gasteiger partial charge on any atom is 0.220 e. The zero-order valence-corrected chi connectivity index (χ0v) is 8.28. The second kappa shape index (κ2) is 3.79. The molecular weight excluding hydrogens is 182 g/mol. The summed E-state index contributed by atoms with van der Waals surface area (Å²) in [4.78, 5) is 8.24. The molecule has 0 bridgehead atoms. The fraction of sp³-hybridized carbons (Fsp3) is 0.556. The summed E-state index contributed by atoms with van der Waals surface area (Å²) in [6.45, 7) is 3.57. The van der Waals surface area contributed by atoms with E-state index >= 15 is 0 Å². The predicted molar refractivity (Wildman–Crippen MR) is 50.6 cm³/mol. The number of ether oxygens (including phenoxy) is 2. The summed E-state index contributed by atoms with van der Waals surface area (Å²) in [6.07, 6.45) is 0.231. The monoisotopic (exact) mass is 195 g/mol. The highest BCUT2D eigenvalue weighted by Crippen LogP contribution is 2.16. The molecule has 5 nitrogen and oxygen atoms in total. The van der Waals surface area contributed by atoms with Gasteiger partial charge in [0.05, 0.1) is 13.2 Å². The third kappa shape index (κ3) is 1.93. The van der Waals surface area contributed by atoms with Gasteiger partial charge in [0, 0.05) is 13.1 Å². The Bertz CT molecular complexity index is 326. The van der Waals surface area contributed by atoms with E-state index in [1.165, 1.54) is 0 Å². The molecule has 0 amide bonds. The summed E-state index contributed by atoms with van der Waals surface area (Å²) in [6, 6.07) is 1.70. The lowest BCUT2D eigenvalue weighted by molar-refractivity contribution is 0.135. The van der Waals surface area contributed by atoms with Crippen molar-refractivity contribution >= 4 is 0 Å². The molecule has 0 saturated carbocycles. The highest BCUT2D eigenvalue weighted by molar-refractivity contribution is 5.21. The van der Waals surface area contributed by atoms with E-state index < -0.39 is 0 Å². The summed E-state index contributed by atoms with van der Waals surface area (Å²) in [5.41, 5.74) is 0. The second-order valence-electron chi connectivity index (χ2n) is 3.19. The minimum atomic E-state index is 0.231. The van der Waals surface area contributed by atoms with Gasteiger partial charge in [-0.1, -0.05) is 0 Å². The van der Waals surface area contributed by atoms with Crippen molar-refractivity contribution in [2.24, 2.45) is 0 Å². The van der Waals surface area contributed by atoms with Gasteiger partial charge in [-0.05, 0) is 6.92 Å². The molecule has 1 aromatic rings. The van der Waals surface area contributed by atoms with Gasteiger partial charge in [-0.2, -0.15) is 9.97 Å². The third-order valence-electron chi connectivity index (χ3n) is 2.03. The first-order valence-electron chi connectivity index (χ1n) is 4.55. The molecule has 1 aliphatic rings. The first kappa shape index (κ1) is 9.21. The zero-order valence-electron chi connectivity index (χ0n) is 8.28. The highest BCUT2D eigenvalue weighted by Gasteiger charge is 2.19. The second-order valence-corrected chi connectivity index (χ2v) is 3.19. The van der Waals surface area contributed by atoms with Gasteiger partial charge >= 0.3 is 0 Å². The van der Waals surface area contributed by atoms with E-state index in [2.05, 4.69) is 15.3 Å². The topological polar surface area (TPSA) is 56.3 Å². The Morgan fingerprint density at radius 3 is 2.64 bits per heavy atom. The quantitative estimate of drug-likeness (QED) is 0.743. The molecule has 1 fully saturated rings. The van der Waals surface area contributed by atoms with Gasteiger partial charge in [-0.3, -0.25) is 0 Å². The maximum atomic E-state index is 5.58. The van der Waals surface area contributed by atoms with Crippen LogP contribution in [0.2, 0.25) is 0 Å². The molecule has 0 spiro atoms. The van der Waals surface area contributed by atoms with Crippen molar-refractivity contribution in [3.05, 3.63) is 11.9 Å². The fourth-order valence-electron chi connectivity index (χ4n) is 1.20. The van der Waals surface area contributed by atoms with Crippen molar-refractivity contribution < 1.29 is 9.47 Å². The summed E-state index contributed by atoms with van der Waals surface area (Å²) in [5.74, 6) is 1.78. The Morgan fingerprint density at radius 1 is 1.36 bits per heavy atom. The van der Waals surface area contributed by atoms with Gasteiger partial charge in [-0.25, -0.2) is 0 Å². The smallest absolute Gasteiger partial charge is 0.220 e. The van der Waals surface area contributed by atoms with Gasteiger partial charge in [0.25, 0.3) is 0 Å². The molecule has 1 N–H and O–H groups in total. The minimum Gasteiger partial charge on any atom is -0.481 e. The molecule has 0 unspecified atom stereocenters. The van der Waals surface area contributed by atoms with E-state index in [0.29, 0.717) is 17.6 Å². The predicted octanol–water partition coefficient (Wildman–Crippen LogP) is 0.144. The van der Waals surface area contributed by atoms with E-state index in [4.69, 9.17) is 9.47 Å². The lowest BCUT2D eigenvalue weighted by atomic mass is 10.2. The van der Waals surface area contributed by atoms with Crippen LogP contribution in [0.3, 0.4) is 0 Å². The molecule has 0 aliphatic carbocycles. The molecule has 0 radical (unpaired) electrons. The number of methoxy groups -OCH3 is 1. The lowest BCUT2D eigenvalue weighted by Crippen LogP contribution is -2.50. The van der Waals surface area contributed by atoms with Gasteiger partial charge in [-0.15, -0.1) is 0 Å². The molecule has 1 saturated heterocycles. The summed E-state index contributed by atoms with van der Waals surface area (Å²) in [7, 11) is 1.58. The van der Waals surface area contributed by atoms with Gasteiger partial charge < -0.3 is 14.8 Å². The zero-order chi connectivity index (χ0) is 9.97. The number of aryl methyl sites for hydroxylation is 1. The van der Waals surface area contributed by atoms with Crippen LogP contribution < -0.4 is 14.8 Å². The molecular formula is C9H13N3O2. The van der Waals surface area contributed by atoms with Crippen LogP contribution in [0.5, 0.6) is 11.8 Å². The van der Waals surface area contributed by atoms with Gasteiger partial charge in [0.15, 0.2) is 0 Å². The maximum absolute atomic E-state index is 5.58. The van der Waals surface area contributed by atoms with E-state index in [0.717, 1.165) is 13.1 Å². The number of nitrogens with zero attached hydrogens (tertiary/aromatic N) is 2. The van der Waals surface area contributed by atoms with Crippen LogP contribution in [0.4, 0.5) is 0 Å². The summed E-state index contributed by atoms with van der Waals surface area (Å²) < 4.78 is 10.6. The van der Waals surface area contributed by atoms with Crippen LogP contribution in [0.1, 0.15) is 5.82 Å². The van der Waals surface area contributed by atoms with Crippen molar-refractivity contribution in [1.29, 1.82) is 0 Å². The SMILES string of the molecule is COc1cc(OC2CNC2)nc(C)n1. The van der Waals surface area contributed by atoms with E-state index in [-0.39, 0.29) is 6.10 Å². The van der Waals surface area contributed by atoms with Crippen molar-refractivity contribution in [3.63, 3.8) is 0 Å². The van der Waals surface area contributed by atoms with Crippen molar-refractivity contribution in [2.45, 2.75) is 13.0 Å². The number of hydrogen-bond acceptors (Lipinski definition) is 5. The standard InChI is InChI=1S/C9H13N3O2/c1-6-11-8(13-2)3-9(12-6)14-7-4-10-5-7/h3,7,10H,4-5H2,1-2H3. The van der Waals surface area contributed by atoms with Gasteiger partial charge in [0.1, 0.15) is 11.9 Å². The Labute approximate surface area is 82.5 Å². The number of hydrogen-bond donors (Lipinski definition) is 1. The Balaban J connectivity index is 2.11. The first-order chi connectivity index (χ1) is 6.78. The number of nitrogens with one attached hydrogen (secondary N) is 1. The van der Waals surface area contributed by atoms with Crippen LogP contribution in [0.15, 0.2) is 6.07 Å². The van der Waals surface area contributed by atoms with Crippen molar-refractivity contribution in [1.82, 2.24) is 15.3 Å². The van der Waals surface area contributed by atoms with Crippen molar-refractivity contribution in [2.75, 3.05) is 20.2 Å². The number of rotatable bonds is 3. The van der Waals surface area contributed by atoms with Crippen LogP contribution >= 0.6 is 0 Å². The Morgan fingerprint density at radius 2 is 2.07 bits per heavy atom. The Hall–Kier alpha value is -1.36. The summed E-state index contributed by atoms with van der Waals surface area (Å²) in [5, 5.41) is 3.13. The normalized spacial score (nSPS) is 16.1. The van der Waals surface area contributed by atoms with Crippen molar-refractivity contribution in [3.8, 4) is 11.8 Å². The Kier molecular flexibility index (Phi) is 2.49. The van der Waals surface area contributed by atoms with Crippen LogP contribution in [-0.4, -0.2) is 36.3 Å². The van der Waals surface area contributed by atoms with Crippen LogP contribution in [0.25, 0.3) is 0 Å². The molecule has 2 rings (SSSR count). The highest BCUT2D eigenvalue weighted by atomic mass is 16.5. The van der Waals surface area contributed by atoms with Gasteiger partial charge in [0.2, 0.25) is 11.8 Å². The van der Waals surface area contributed by atoms with Crippen LogP contribution in [0, 0.1) is 6.92 Å². The largest absolute Gasteiger partial charge is 0.481 e. The van der Waals surface area contributed by atoms with E-state index in [1.807, 2.05) is 6.92 Å². The third-order valence-corrected chi connectivity index (χ3v) is 2.03. The molecule has 14 heavy (non-hydrogen) atoms. The molecule has 5 heteroatoms. The average Bonchev–Trinajstić information content (AvgIpc) is 2.10. The molecule has 76 valence electrons. The lowest BCUT2D eigenvalue weighted by Gasteiger charge is -2.27. The molecule has 1 aromatic heterocycles. The molecule has 1 aliphatic heterocycles. The average molecular weight is 195 g/mol. The molecule has 0 atom stereocenters. The first-order valence-corrected chi connectivity index (χ1v) is 4.55. The fourth-order valence-corrected chi connectivity index (χ4v) is 1.20. The van der Waals surface area contributed by atoms with E-state index in [9.17, 15) is 0 Å². The molecule has 0 aromatic carbocycles. The number of aromatic nitrogens is 2.